The van der Waals surface area contributed by atoms with Crippen LogP contribution in [0, 0.1) is 17.1 Å². The number of methoxy groups -OCH3 is 1. The summed E-state index contributed by atoms with van der Waals surface area (Å²) in [5, 5.41) is 8.92. The number of hydrogen-bond donors (Lipinski definition) is 0. The number of benzene rings is 1. The van der Waals surface area contributed by atoms with Crippen LogP contribution in [-0.2, 0) is 10.1 Å². The minimum Gasteiger partial charge on any atom is -0.465 e. The predicted octanol–water partition coefficient (Wildman–Crippen LogP) is 2.38. The maximum Gasteiger partial charge on any atom is 0.340 e. The molecule has 0 amide bonds. The molecule has 0 aliphatic heterocycles. The van der Waals surface area contributed by atoms with E-state index in [1.165, 1.54) is 12.1 Å². The van der Waals surface area contributed by atoms with Crippen LogP contribution in [0.3, 0.4) is 0 Å². The van der Waals surface area contributed by atoms with Gasteiger partial charge >= 0.3 is 5.97 Å². The van der Waals surface area contributed by atoms with Gasteiger partial charge in [0, 0.05) is 10.9 Å². The Kier molecular flexibility index (Phi) is 3.81. The number of esters is 1. The second-order valence-electron chi connectivity index (χ2n) is 2.73. The lowest BCUT2D eigenvalue weighted by atomic mass is 10.1. The van der Waals surface area contributed by atoms with Crippen LogP contribution < -0.4 is 0 Å². The number of ether oxygens (including phenoxy) is 1. The lowest BCUT2D eigenvalue weighted by molar-refractivity contribution is 0.0595. The Morgan fingerprint density at radius 1 is 1.67 bits per heavy atom. The van der Waals surface area contributed by atoms with Crippen LogP contribution in [0.5, 0.6) is 0 Å². The van der Waals surface area contributed by atoms with Gasteiger partial charge in [-0.05, 0) is 12.1 Å². The smallest absolute Gasteiger partial charge is 0.340 e. The van der Waals surface area contributed by atoms with E-state index in [-0.39, 0.29) is 22.0 Å². The molecule has 0 radical (unpaired) electrons. The van der Waals surface area contributed by atoms with Crippen molar-refractivity contribution in [2.75, 3.05) is 7.11 Å². The van der Waals surface area contributed by atoms with Crippen molar-refractivity contribution >= 4 is 21.9 Å². The first-order chi connectivity index (χ1) is 7.13. The van der Waals surface area contributed by atoms with Crippen molar-refractivity contribution in [2.45, 2.75) is 5.33 Å². The van der Waals surface area contributed by atoms with E-state index >= 15 is 0 Å². The summed E-state index contributed by atoms with van der Waals surface area (Å²) >= 11 is 3.08. The number of rotatable bonds is 2. The van der Waals surface area contributed by atoms with Crippen LogP contribution >= 0.6 is 15.9 Å². The van der Waals surface area contributed by atoms with Gasteiger partial charge in [0.1, 0.15) is 5.82 Å². The summed E-state index contributed by atoms with van der Waals surface area (Å²) in [5.41, 5.74) is 0.270. The first-order valence-electron chi connectivity index (χ1n) is 4.00. The normalized spacial score (nSPS) is 9.47. The van der Waals surface area contributed by atoms with Crippen LogP contribution in [0.1, 0.15) is 21.5 Å². The number of alkyl halides is 1. The quantitative estimate of drug-likeness (QED) is 0.613. The van der Waals surface area contributed by atoms with Crippen LogP contribution in [0.25, 0.3) is 0 Å². The van der Waals surface area contributed by atoms with Crippen molar-refractivity contribution in [3.05, 3.63) is 34.6 Å². The van der Waals surface area contributed by atoms with Crippen LogP contribution in [0.4, 0.5) is 4.39 Å². The number of hydrogen-bond acceptors (Lipinski definition) is 3. The summed E-state index contributed by atoms with van der Waals surface area (Å²) in [6.07, 6.45) is 0. The van der Waals surface area contributed by atoms with E-state index in [0.717, 1.165) is 7.11 Å². The largest absolute Gasteiger partial charge is 0.465 e. The molecule has 0 aliphatic carbocycles. The first kappa shape index (κ1) is 11.7. The van der Waals surface area contributed by atoms with E-state index in [0.29, 0.717) is 0 Å². The van der Waals surface area contributed by atoms with Gasteiger partial charge in [0.25, 0.3) is 0 Å². The maximum atomic E-state index is 13.6. The van der Waals surface area contributed by atoms with Crippen LogP contribution in [-0.4, -0.2) is 13.1 Å². The summed E-state index contributed by atoms with van der Waals surface area (Å²) in [6, 6.07) is 4.41. The predicted molar refractivity (Wildman–Crippen MR) is 55.1 cm³/mol. The van der Waals surface area contributed by atoms with Crippen molar-refractivity contribution < 1.29 is 13.9 Å². The fourth-order valence-electron chi connectivity index (χ4n) is 1.10. The zero-order valence-electron chi connectivity index (χ0n) is 7.88. The van der Waals surface area contributed by atoms with Crippen molar-refractivity contribution in [1.29, 1.82) is 5.26 Å². The SMILES string of the molecule is COC(=O)c1cc(C#N)cc(CBr)c1F. The van der Waals surface area contributed by atoms with Gasteiger partial charge in [0.05, 0.1) is 24.3 Å². The molecular weight excluding hydrogens is 265 g/mol. The zero-order chi connectivity index (χ0) is 11.4. The fourth-order valence-corrected chi connectivity index (χ4v) is 1.51. The van der Waals surface area contributed by atoms with E-state index in [2.05, 4.69) is 20.7 Å². The summed E-state index contributed by atoms with van der Waals surface area (Å²) < 4.78 is 18.0. The third kappa shape index (κ3) is 2.34. The second kappa shape index (κ2) is 4.89. The Morgan fingerprint density at radius 2 is 2.33 bits per heavy atom. The molecule has 0 bridgehead atoms. The average Bonchev–Trinajstić information content (AvgIpc) is 2.28. The first-order valence-corrected chi connectivity index (χ1v) is 5.13. The molecule has 1 aromatic rings. The monoisotopic (exact) mass is 271 g/mol. The minimum absolute atomic E-state index is 0.217. The van der Waals surface area contributed by atoms with Gasteiger partial charge in [-0.1, -0.05) is 15.9 Å². The Hall–Kier alpha value is -1.41. The van der Waals surface area contributed by atoms with E-state index in [1.807, 2.05) is 6.07 Å². The molecule has 5 heteroatoms. The van der Waals surface area contributed by atoms with E-state index in [9.17, 15) is 9.18 Å². The molecule has 0 fully saturated rings. The number of carbonyl (C=O) groups excluding carboxylic acids is 1. The number of halogens is 2. The summed E-state index contributed by atoms with van der Waals surface area (Å²) in [5.74, 6) is -1.44. The molecule has 0 saturated heterocycles. The standard InChI is InChI=1S/C10H7BrFNO2/c1-15-10(14)8-3-6(5-13)2-7(4-11)9(8)12/h2-3H,4H2,1H3. The van der Waals surface area contributed by atoms with Gasteiger partial charge < -0.3 is 4.74 Å². The highest BCUT2D eigenvalue weighted by Gasteiger charge is 2.16. The maximum absolute atomic E-state index is 13.6. The third-order valence-corrected chi connectivity index (χ3v) is 2.43. The Balaban J connectivity index is 3.38. The van der Waals surface area contributed by atoms with Crippen LogP contribution in [0.2, 0.25) is 0 Å². The van der Waals surface area contributed by atoms with Crippen molar-refractivity contribution in [1.82, 2.24) is 0 Å². The molecule has 1 rings (SSSR count). The molecule has 1 aromatic carbocycles. The highest BCUT2D eigenvalue weighted by atomic mass is 79.9. The Bertz CT molecular complexity index is 440. The Labute approximate surface area is 94.6 Å². The van der Waals surface area contributed by atoms with E-state index in [1.54, 1.807) is 0 Å². The number of nitrogens with zero attached hydrogens (tertiary/aromatic N) is 1. The highest BCUT2D eigenvalue weighted by molar-refractivity contribution is 9.08. The summed E-state index contributed by atoms with van der Waals surface area (Å²) in [6.45, 7) is 0. The van der Waals surface area contributed by atoms with Gasteiger partial charge in [-0.25, -0.2) is 9.18 Å². The van der Waals surface area contributed by atoms with Crippen LogP contribution in [0.15, 0.2) is 12.1 Å². The molecular formula is C10H7BrFNO2. The van der Waals surface area contributed by atoms with Crippen molar-refractivity contribution in [2.24, 2.45) is 0 Å². The van der Waals surface area contributed by atoms with Gasteiger partial charge in [0.15, 0.2) is 0 Å². The third-order valence-electron chi connectivity index (χ3n) is 1.83. The lowest BCUT2D eigenvalue weighted by Gasteiger charge is -2.05. The van der Waals surface area contributed by atoms with E-state index in [4.69, 9.17) is 5.26 Å². The van der Waals surface area contributed by atoms with Gasteiger partial charge in [0.2, 0.25) is 0 Å². The molecule has 0 heterocycles. The fraction of sp³-hybridized carbons (Fsp3) is 0.200. The molecule has 0 aliphatic rings. The molecule has 0 aromatic heterocycles. The average molecular weight is 272 g/mol. The summed E-state index contributed by atoms with van der Waals surface area (Å²) in [7, 11) is 1.16. The van der Waals surface area contributed by atoms with E-state index < -0.39 is 11.8 Å². The zero-order valence-corrected chi connectivity index (χ0v) is 9.47. The topological polar surface area (TPSA) is 50.1 Å². The lowest BCUT2D eigenvalue weighted by Crippen LogP contribution is -2.07. The van der Waals surface area contributed by atoms with Crippen molar-refractivity contribution in [3.8, 4) is 6.07 Å². The van der Waals surface area contributed by atoms with Gasteiger partial charge in [-0.15, -0.1) is 0 Å². The van der Waals surface area contributed by atoms with Crippen molar-refractivity contribution in [3.63, 3.8) is 0 Å². The van der Waals surface area contributed by atoms with Gasteiger partial charge in [-0.3, -0.25) is 0 Å². The molecule has 0 N–H and O–H groups in total. The van der Waals surface area contributed by atoms with Gasteiger partial charge in [-0.2, -0.15) is 5.26 Å². The number of nitriles is 1. The highest BCUT2D eigenvalue weighted by Crippen LogP contribution is 2.19. The number of carbonyl (C=O) groups is 1. The molecule has 3 nitrogen and oxygen atoms in total. The molecule has 78 valence electrons. The second-order valence-corrected chi connectivity index (χ2v) is 3.29. The molecule has 0 spiro atoms. The minimum atomic E-state index is -0.785. The molecule has 0 unspecified atom stereocenters. The molecule has 0 saturated carbocycles. The molecule has 0 atom stereocenters. The summed E-state index contributed by atoms with van der Waals surface area (Å²) in [4.78, 5) is 11.2. The Morgan fingerprint density at radius 3 is 2.80 bits per heavy atom. The molecule has 15 heavy (non-hydrogen) atoms.